The van der Waals surface area contributed by atoms with Gasteiger partial charge in [0.15, 0.2) is 0 Å². The molecule has 0 bridgehead atoms. The third kappa shape index (κ3) is 5.24. The molecule has 3 rings (SSSR count). The molecular weight excluding hydrogens is 340 g/mol. The molecule has 6 heteroatoms. The first-order valence-electron chi connectivity index (χ1n) is 8.95. The minimum atomic E-state index is -0.0912. The lowest BCUT2D eigenvalue weighted by Gasteiger charge is -2.22. The van der Waals surface area contributed by atoms with Crippen molar-refractivity contribution in [2.45, 2.75) is 26.4 Å². The predicted octanol–water partition coefficient (Wildman–Crippen LogP) is 3.30. The molecule has 0 saturated carbocycles. The molecule has 6 nitrogen and oxygen atoms in total. The maximum Gasteiger partial charge on any atom is 0.251 e. The van der Waals surface area contributed by atoms with Crippen molar-refractivity contribution in [1.29, 1.82) is 0 Å². The Kier molecular flexibility index (Phi) is 5.98. The van der Waals surface area contributed by atoms with E-state index in [1.807, 2.05) is 37.3 Å². The zero-order valence-corrected chi connectivity index (χ0v) is 15.8. The molecule has 0 radical (unpaired) electrons. The fraction of sp³-hybridized carbons (Fsp3) is 0.286. The summed E-state index contributed by atoms with van der Waals surface area (Å²) < 4.78 is 4.98. The summed E-state index contributed by atoms with van der Waals surface area (Å²) in [5.74, 6) is 0.946. The van der Waals surface area contributed by atoms with Crippen molar-refractivity contribution in [3.05, 3.63) is 71.6 Å². The van der Waals surface area contributed by atoms with Crippen molar-refractivity contribution < 1.29 is 9.32 Å². The second kappa shape index (κ2) is 8.60. The molecule has 2 aromatic carbocycles. The Hall–Kier alpha value is -2.99. The molecule has 0 saturated heterocycles. The van der Waals surface area contributed by atoms with Gasteiger partial charge in [-0.2, -0.15) is 4.98 Å². The standard InChI is InChI=1S/C21H24N4O2/c1-15(13-25(3)14-17-7-5-4-6-8-17)22-21(26)19-11-9-18(10-12-19)20-23-16(2)27-24-20/h4-12,15H,13-14H2,1-3H3,(H,22,26)/t15-/m1/s1. The molecule has 0 unspecified atom stereocenters. The van der Waals surface area contributed by atoms with E-state index in [9.17, 15) is 4.79 Å². The molecule has 0 fully saturated rings. The Bertz CT molecular complexity index is 875. The van der Waals surface area contributed by atoms with Crippen LogP contribution >= 0.6 is 0 Å². The van der Waals surface area contributed by atoms with E-state index in [4.69, 9.17) is 4.52 Å². The van der Waals surface area contributed by atoms with Crippen LogP contribution in [0, 0.1) is 6.92 Å². The van der Waals surface area contributed by atoms with Gasteiger partial charge in [0.2, 0.25) is 11.7 Å². The summed E-state index contributed by atoms with van der Waals surface area (Å²) in [6.07, 6.45) is 0. The van der Waals surface area contributed by atoms with E-state index in [-0.39, 0.29) is 11.9 Å². The van der Waals surface area contributed by atoms with Crippen LogP contribution in [0.1, 0.15) is 28.7 Å². The Morgan fingerprint density at radius 1 is 1.15 bits per heavy atom. The van der Waals surface area contributed by atoms with Crippen molar-refractivity contribution in [3.8, 4) is 11.4 Å². The predicted molar refractivity (Wildman–Crippen MR) is 104 cm³/mol. The summed E-state index contributed by atoms with van der Waals surface area (Å²) in [5, 5.41) is 6.93. The minimum Gasteiger partial charge on any atom is -0.348 e. The van der Waals surface area contributed by atoms with E-state index >= 15 is 0 Å². The number of carbonyl (C=O) groups excluding carboxylic acids is 1. The first-order valence-corrected chi connectivity index (χ1v) is 8.95. The van der Waals surface area contributed by atoms with Gasteiger partial charge in [-0.1, -0.05) is 47.6 Å². The van der Waals surface area contributed by atoms with Crippen LogP contribution in [0.5, 0.6) is 0 Å². The number of hydrogen-bond donors (Lipinski definition) is 1. The molecule has 1 N–H and O–H groups in total. The fourth-order valence-corrected chi connectivity index (χ4v) is 2.97. The maximum atomic E-state index is 12.5. The molecule has 1 atom stereocenters. The van der Waals surface area contributed by atoms with Crippen LogP contribution < -0.4 is 5.32 Å². The maximum absolute atomic E-state index is 12.5. The van der Waals surface area contributed by atoms with Gasteiger partial charge in [-0.3, -0.25) is 4.79 Å². The molecule has 3 aromatic rings. The van der Waals surface area contributed by atoms with Gasteiger partial charge in [-0.25, -0.2) is 0 Å². The van der Waals surface area contributed by atoms with Crippen LogP contribution in [0.4, 0.5) is 0 Å². The summed E-state index contributed by atoms with van der Waals surface area (Å²) in [6.45, 7) is 5.37. The summed E-state index contributed by atoms with van der Waals surface area (Å²) in [7, 11) is 2.05. The highest BCUT2D eigenvalue weighted by Gasteiger charge is 2.13. The van der Waals surface area contributed by atoms with Gasteiger partial charge in [0.05, 0.1) is 0 Å². The van der Waals surface area contributed by atoms with E-state index < -0.39 is 0 Å². The lowest BCUT2D eigenvalue weighted by Crippen LogP contribution is -2.40. The smallest absolute Gasteiger partial charge is 0.251 e. The number of nitrogens with zero attached hydrogens (tertiary/aromatic N) is 3. The van der Waals surface area contributed by atoms with Gasteiger partial charge >= 0.3 is 0 Å². The quantitative estimate of drug-likeness (QED) is 0.696. The van der Waals surface area contributed by atoms with Gasteiger partial charge < -0.3 is 14.7 Å². The number of aryl methyl sites for hydroxylation is 1. The Balaban J connectivity index is 1.53. The third-order valence-corrected chi connectivity index (χ3v) is 4.19. The van der Waals surface area contributed by atoms with Crippen molar-refractivity contribution in [2.24, 2.45) is 0 Å². The van der Waals surface area contributed by atoms with E-state index in [1.54, 1.807) is 19.1 Å². The van der Waals surface area contributed by atoms with E-state index in [0.29, 0.717) is 17.3 Å². The van der Waals surface area contributed by atoms with Crippen LogP contribution in [0.2, 0.25) is 0 Å². The van der Waals surface area contributed by atoms with Gasteiger partial charge in [-0.15, -0.1) is 0 Å². The van der Waals surface area contributed by atoms with Crippen LogP contribution in [0.15, 0.2) is 59.1 Å². The first-order chi connectivity index (χ1) is 13.0. The molecule has 0 aliphatic heterocycles. The van der Waals surface area contributed by atoms with E-state index in [2.05, 4.69) is 39.5 Å². The van der Waals surface area contributed by atoms with Gasteiger partial charge in [0, 0.05) is 37.2 Å². The summed E-state index contributed by atoms with van der Waals surface area (Å²) in [5.41, 5.74) is 2.68. The normalized spacial score (nSPS) is 12.1. The van der Waals surface area contributed by atoms with Gasteiger partial charge in [-0.05, 0) is 31.7 Å². The van der Waals surface area contributed by atoms with Gasteiger partial charge in [0.1, 0.15) is 0 Å². The number of carbonyl (C=O) groups is 1. The first kappa shape index (κ1) is 18.8. The highest BCUT2D eigenvalue weighted by atomic mass is 16.5. The van der Waals surface area contributed by atoms with Crippen LogP contribution in [0.25, 0.3) is 11.4 Å². The average Bonchev–Trinajstić information content (AvgIpc) is 3.09. The number of hydrogen-bond acceptors (Lipinski definition) is 5. The largest absolute Gasteiger partial charge is 0.348 e. The Morgan fingerprint density at radius 2 is 1.85 bits per heavy atom. The number of benzene rings is 2. The number of nitrogens with one attached hydrogen (secondary N) is 1. The number of rotatable bonds is 7. The summed E-state index contributed by atoms with van der Waals surface area (Å²) in [4.78, 5) is 18.9. The SMILES string of the molecule is Cc1nc(-c2ccc(C(=O)N[C@H](C)CN(C)Cc3ccccc3)cc2)no1. The molecular formula is C21H24N4O2. The number of aromatic nitrogens is 2. The van der Waals surface area contributed by atoms with Crippen LogP contribution in [-0.4, -0.2) is 40.6 Å². The van der Waals surface area contributed by atoms with Crippen molar-refractivity contribution in [1.82, 2.24) is 20.4 Å². The average molecular weight is 364 g/mol. The van der Waals surface area contributed by atoms with Gasteiger partial charge in [0.25, 0.3) is 5.91 Å². The molecule has 1 amide bonds. The minimum absolute atomic E-state index is 0.0331. The van der Waals surface area contributed by atoms with Crippen molar-refractivity contribution >= 4 is 5.91 Å². The van der Waals surface area contributed by atoms with Crippen molar-refractivity contribution in [3.63, 3.8) is 0 Å². The molecule has 0 aliphatic carbocycles. The molecule has 0 aliphatic rings. The number of amides is 1. The third-order valence-electron chi connectivity index (χ3n) is 4.19. The second-order valence-corrected chi connectivity index (χ2v) is 6.77. The lowest BCUT2D eigenvalue weighted by atomic mass is 10.1. The molecule has 0 spiro atoms. The molecule has 27 heavy (non-hydrogen) atoms. The number of likely N-dealkylation sites (N-methyl/N-ethyl adjacent to an activating group) is 1. The summed E-state index contributed by atoms with van der Waals surface area (Å²) >= 11 is 0. The van der Waals surface area contributed by atoms with Crippen LogP contribution in [-0.2, 0) is 6.54 Å². The van der Waals surface area contributed by atoms with E-state index in [1.165, 1.54) is 5.56 Å². The molecule has 1 aromatic heterocycles. The van der Waals surface area contributed by atoms with E-state index in [0.717, 1.165) is 18.7 Å². The molecule has 1 heterocycles. The highest BCUT2D eigenvalue weighted by molar-refractivity contribution is 5.94. The van der Waals surface area contributed by atoms with Crippen LogP contribution in [0.3, 0.4) is 0 Å². The monoisotopic (exact) mass is 364 g/mol. The fourth-order valence-electron chi connectivity index (χ4n) is 2.97. The second-order valence-electron chi connectivity index (χ2n) is 6.77. The molecule has 140 valence electrons. The Morgan fingerprint density at radius 3 is 2.48 bits per heavy atom. The zero-order valence-electron chi connectivity index (χ0n) is 15.8. The Labute approximate surface area is 159 Å². The highest BCUT2D eigenvalue weighted by Crippen LogP contribution is 2.16. The van der Waals surface area contributed by atoms with Crippen molar-refractivity contribution in [2.75, 3.05) is 13.6 Å². The zero-order chi connectivity index (χ0) is 19.2. The summed E-state index contributed by atoms with van der Waals surface area (Å²) in [6, 6.07) is 17.5. The lowest BCUT2D eigenvalue weighted by molar-refractivity contribution is 0.0931. The topological polar surface area (TPSA) is 71.3 Å².